The number of amides is 1. The minimum absolute atomic E-state index is 0.0329. The van der Waals surface area contributed by atoms with E-state index in [0.717, 1.165) is 19.3 Å². The topological polar surface area (TPSA) is 62.5 Å². The van der Waals surface area contributed by atoms with Crippen molar-refractivity contribution < 1.29 is 14.3 Å². The summed E-state index contributed by atoms with van der Waals surface area (Å²) in [6, 6.07) is 11.9. The number of unbranched alkanes of at least 4 members (excludes halogenated alkanes) is 1. The molecule has 0 saturated carbocycles. The number of nitrogens with one attached hydrogen (secondary N) is 1. The minimum Gasteiger partial charge on any atom is -0.467 e. The molecule has 0 aliphatic rings. The summed E-state index contributed by atoms with van der Waals surface area (Å²) in [4.78, 5) is 11.7. The Bertz CT molecular complexity index is 561. The lowest BCUT2D eigenvalue weighted by Crippen LogP contribution is -2.27. The highest BCUT2D eigenvalue weighted by Gasteiger charge is 2.11. The van der Waals surface area contributed by atoms with E-state index in [-0.39, 0.29) is 12.5 Å². The molecule has 0 aliphatic carbocycles. The number of furan rings is 1. The van der Waals surface area contributed by atoms with Crippen molar-refractivity contribution in [3.63, 3.8) is 0 Å². The number of aliphatic hydroxyl groups excluding tert-OH is 1. The lowest BCUT2D eigenvalue weighted by atomic mass is 10.1. The highest BCUT2D eigenvalue weighted by Crippen LogP contribution is 2.12. The van der Waals surface area contributed by atoms with Gasteiger partial charge in [0.2, 0.25) is 5.91 Å². The summed E-state index contributed by atoms with van der Waals surface area (Å²) in [5.74, 6) is 0.439. The molecule has 0 spiro atoms. The molecule has 0 radical (unpaired) electrons. The Hall–Kier alpha value is -2.07. The molecule has 4 heteroatoms. The van der Waals surface area contributed by atoms with Crippen LogP contribution in [0.2, 0.25) is 0 Å². The van der Waals surface area contributed by atoms with Crippen molar-refractivity contribution in [2.75, 3.05) is 6.54 Å². The van der Waals surface area contributed by atoms with Gasteiger partial charge in [0.1, 0.15) is 11.9 Å². The number of benzene rings is 1. The Kier molecular flexibility index (Phi) is 6.22. The number of rotatable bonds is 8. The fourth-order valence-electron chi connectivity index (χ4n) is 2.25. The predicted octanol–water partition coefficient (Wildman–Crippen LogP) is 3.15. The molecular weight excluding hydrogens is 278 g/mol. The van der Waals surface area contributed by atoms with Crippen LogP contribution in [-0.2, 0) is 11.2 Å². The molecule has 1 amide bonds. The van der Waals surface area contributed by atoms with Crippen LogP contribution in [0.4, 0.5) is 0 Å². The normalized spacial score (nSPS) is 12.1. The number of aryl methyl sites for hydroxylation is 2. The van der Waals surface area contributed by atoms with E-state index >= 15 is 0 Å². The van der Waals surface area contributed by atoms with Gasteiger partial charge in [0.05, 0.1) is 12.8 Å². The number of carbonyl (C=O) groups excluding carboxylic acids is 1. The predicted molar refractivity (Wildman–Crippen MR) is 85.4 cm³/mol. The molecule has 1 heterocycles. The standard InChI is InChI=1S/C18H23NO3/c1-14-8-10-15(11-9-14)5-2-3-7-18(21)19-13-16(20)17-6-4-12-22-17/h4,6,8-12,16,20H,2-3,5,7,13H2,1H3,(H,19,21). The van der Waals surface area contributed by atoms with E-state index in [1.54, 1.807) is 12.1 Å². The molecule has 1 aromatic heterocycles. The maximum absolute atomic E-state index is 11.7. The average molecular weight is 301 g/mol. The van der Waals surface area contributed by atoms with Gasteiger partial charge in [-0.05, 0) is 43.9 Å². The number of carbonyl (C=O) groups is 1. The molecule has 0 fully saturated rings. The van der Waals surface area contributed by atoms with Crippen molar-refractivity contribution in [1.29, 1.82) is 0 Å². The van der Waals surface area contributed by atoms with Gasteiger partial charge in [0.15, 0.2) is 0 Å². The monoisotopic (exact) mass is 301 g/mol. The molecule has 2 rings (SSSR count). The Morgan fingerprint density at radius 1 is 1.23 bits per heavy atom. The summed E-state index contributed by atoms with van der Waals surface area (Å²) >= 11 is 0. The largest absolute Gasteiger partial charge is 0.467 e. The maximum atomic E-state index is 11.7. The van der Waals surface area contributed by atoms with Gasteiger partial charge < -0.3 is 14.8 Å². The second-order valence-corrected chi connectivity index (χ2v) is 5.53. The molecule has 2 aromatic rings. The zero-order valence-electron chi connectivity index (χ0n) is 12.9. The summed E-state index contributed by atoms with van der Waals surface area (Å²) in [5.41, 5.74) is 2.57. The molecule has 22 heavy (non-hydrogen) atoms. The quantitative estimate of drug-likeness (QED) is 0.736. The highest BCUT2D eigenvalue weighted by atomic mass is 16.4. The van der Waals surface area contributed by atoms with E-state index in [9.17, 15) is 9.90 Å². The van der Waals surface area contributed by atoms with Crippen molar-refractivity contribution in [2.45, 2.75) is 38.7 Å². The number of hydrogen-bond acceptors (Lipinski definition) is 3. The summed E-state index contributed by atoms with van der Waals surface area (Å²) in [5, 5.41) is 12.5. The van der Waals surface area contributed by atoms with Crippen LogP contribution < -0.4 is 5.32 Å². The van der Waals surface area contributed by atoms with Crippen molar-refractivity contribution >= 4 is 5.91 Å². The van der Waals surface area contributed by atoms with E-state index < -0.39 is 6.10 Å². The van der Waals surface area contributed by atoms with Gasteiger partial charge in [-0.1, -0.05) is 29.8 Å². The maximum Gasteiger partial charge on any atom is 0.220 e. The zero-order chi connectivity index (χ0) is 15.8. The Labute approximate surface area is 131 Å². The van der Waals surface area contributed by atoms with Crippen molar-refractivity contribution in [2.24, 2.45) is 0 Å². The highest BCUT2D eigenvalue weighted by molar-refractivity contribution is 5.75. The van der Waals surface area contributed by atoms with Crippen LogP contribution in [0.25, 0.3) is 0 Å². The van der Waals surface area contributed by atoms with Gasteiger partial charge in [-0.15, -0.1) is 0 Å². The first-order valence-electron chi connectivity index (χ1n) is 7.69. The van der Waals surface area contributed by atoms with Crippen LogP contribution in [0.3, 0.4) is 0 Å². The fourth-order valence-corrected chi connectivity index (χ4v) is 2.25. The van der Waals surface area contributed by atoms with Crippen LogP contribution in [0.5, 0.6) is 0 Å². The SMILES string of the molecule is Cc1ccc(CCCCC(=O)NCC(O)c2ccco2)cc1. The fraction of sp³-hybridized carbons (Fsp3) is 0.389. The summed E-state index contributed by atoms with van der Waals surface area (Å²) in [7, 11) is 0. The molecule has 118 valence electrons. The van der Waals surface area contributed by atoms with Crippen molar-refractivity contribution in [3.05, 3.63) is 59.5 Å². The molecular formula is C18H23NO3. The van der Waals surface area contributed by atoms with Crippen LogP contribution in [0.1, 0.15) is 42.3 Å². The molecule has 0 aliphatic heterocycles. The molecule has 1 unspecified atom stereocenters. The average Bonchev–Trinajstić information content (AvgIpc) is 3.05. The Morgan fingerprint density at radius 2 is 2.00 bits per heavy atom. The minimum atomic E-state index is -0.786. The van der Waals surface area contributed by atoms with Gasteiger partial charge in [0, 0.05) is 6.42 Å². The van der Waals surface area contributed by atoms with Crippen LogP contribution in [0.15, 0.2) is 47.1 Å². The van der Waals surface area contributed by atoms with Gasteiger partial charge in [-0.2, -0.15) is 0 Å². The third-order valence-electron chi connectivity index (χ3n) is 3.60. The smallest absolute Gasteiger partial charge is 0.220 e. The molecule has 1 aromatic carbocycles. The van der Waals surface area contributed by atoms with Crippen molar-refractivity contribution in [3.8, 4) is 0 Å². The number of hydrogen-bond donors (Lipinski definition) is 2. The molecule has 0 saturated heterocycles. The van der Waals surface area contributed by atoms with E-state index in [1.807, 2.05) is 0 Å². The van der Waals surface area contributed by atoms with E-state index in [1.165, 1.54) is 17.4 Å². The molecule has 4 nitrogen and oxygen atoms in total. The van der Waals surface area contributed by atoms with Crippen LogP contribution in [0, 0.1) is 6.92 Å². The molecule has 2 N–H and O–H groups in total. The first-order valence-corrected chi connectivity index (χ1v) is 7.69. The van der Waals surface area contributed by atoms with E-state index in [4.69, 9.17) is 4.42 Å². The van der Waals surface area contributed by atoms with Crippen molar-refractivity contribution in [1.82, 2.24) is 5.32 Å². The lowest BCUT2D eigenvalue weighted by molar-refractivity contribution is -0.121. The summed E-state index contributed by atoms with van der Waals surface area (Å²) in [6.07, 6.45) is 4.02. The van der Waals surface area contributed by atoms with Gasteiger partial charge in [-0.25, -0.2) is 0 Å². The van der Waals surface area contributed by atoms with Crippen LogP contribution in [-0.4, -0.2) is 17.6 Å². The summed E-state index contributed by atoms with van der Waals surface area (Å²) in [6.45, 7) is 2.26. The lowest BCUT2D eigenvalue weighted by Gasteiger charge is -2.09. The van der Waals surface area contributed by atoms with Gasteiger partial charge in [0.25, 0.3) is 0 Å². The zero-order valence-corrected chi connectivity index (χ0v) is 12.9. The van der Waals surface area contributed by atoms with Gasteiger partial charge in [-0.3, -0.25) is 4.79 Å². The molecule has 1 atom stereocenters. The third-order valence-corrected chi connectivity index (χ3v) is 3.60. The Balaban J connectivity index is 1.58. The Morgan fingerprint density at radius 3 is 2.68 bits per heavy atom. The third kappa shape index (κ3) is 5.37. The summed E-state index contributed by atoms with van der Waals surface area (Å²) < 4.78 is 5.08. The first-order chi connectivity index (χ1) is 10.6. The molecule has 0 bridgehead atoms. The second-order valence-electron chi connectivity index (χ2n) is 5.53. The first kappa shape index (κ1) is 16.3. The van der Waals surface area contributed by atoms with Gasteiger partial charge >= 0.3 is 0 Å². The number of aliphatic hydroxyl groups is 1. The van der Waals surface area contributed by atoms with E-state index in [0.29, 0.717) is 12.2 Å². The van der Waals surface area contributed by atoms with E-state index in [2.05, 4.69) is 36.5 Å². The second kappa shape index (κ2) is 8.39. The van der Waals surface area contributed by atoms with Crippen LogP contribution >= 0.6 is 0 Å².